The van der Waals surface area contributed by atoms with Crippen molar-refractivity contribution in [2.45, 2.75) is 90.9 Å². The molecule has 0 bridgehead atoms. The molecule has 2 heterocycles. The number of amides is 2. The van der Waals surface area contributed by atoms with Crippen molar-refractivity contribution in [2.75, 3.05) is 26.3 Å². The zero-order chi connectivity index (χ0) is 26.2. The standard InChI is InChI=1S/C26H40N2O4S4/c1-21(23-13-17-31-25(33)35-23)27(19-29)15-11-9-7-5-3-4-6-8-10-12-16-28(20-30)22(2)24-14-18-32-26(34)36-24/h19-20H,3-18H2,1-2H3/b23-21-,24-22-. The second kappa shape index (κ2) is 18.2. The van der Waals surface area contributed by atoms with Gasteiger partial charge in [0, 0.05) is 47.1 Å². The van der Waals surface area contributed by atoms with E-state index >= 15 is 0 Å². The van der Waals surface area contributed by atoms with Gasteiger partial charge >= 0.3 is 0 Å². The lowest BCUT2D eigenvalue weighted by atomic mass is 10.1. The zero-order valence-electron chi connectivity index (χ0n) is 21.6. The normalized spacial score (nSPS) is 18.7. The quantitative estimate of drug-likeness (QED) is 0.104. The van der Waals surface area contributed by atoms with Crippen LogP contribution in [0.4, 0.5) is 0 Å². The average molecular weight is 573 g/mol. The second-order valence-corrected chi connectivity index (χ2v) is 12.4. The number of carbonyl (C=O) groups is 2. The lowest BCUT2D eigenvalue weighted by molar-refractivity contribution is -0.117. The summed E-state index contributed by atoms with van der Waals surface area (Å²) in [7, 11) is 0. The van der Waals surface area contributed by atoms with Crippen LogP contribution in [0.25, 0.3) is 0 Å². The number of hydrogen-bond acceptors (Lipinski definition) is 8. The van der Waals surface area contributed by atoms with Crippen molar-refractivity contribution in [3.63, 3.8) is 0 Å². The summed E-state index contributed by atoms with van der Waals surface area (Å²) < 4.78 is 11.7. The fraction of sp³-hybridized carbons (Fsp3) is 0.692. The lowest BCUT2D eigenvalue weighted by Crippen LogP contribution is -2.23. The number of thiocarbonyl (C=S) groups is 2. The summed E-state index contributed by atoms with van der Waals surface area (Å²) in [5.41, 5.74) is 2.02. The number of ether oxygens (including phenoxy) is 2. The third-order valence-electron chi connectivity index (χ3n) is 6.48. The lowest BCUT2D eigenvalue weighted by Gasteiger charge is -2.24. The molecule has 0 aliphatic carbocycles. The molecular formula is C26H40N2O4S4. The average Bonchev–Trinajstić information content (AvgIpc) is 2.88. The maximum atomic E-state index is 11.5. The van der Waals surface area contributed by atoms with Gasteiger partial charge in [0.1, 0.15) is 0 Å². The SMILES string of the molecule is C/C(=C1\CCOC(=S)S1)N(C=O)CCCCCCCCCCCCN(C=O)/C(C)=C1/CCOC(=S)S1. The monoisotopic (exact) mass is 572 g/mol. The van der Waals surface area contributed by atoms with Gasteiger partial charge in [0.05, 0.1) is 13.2 Å². The van der Waals surface area contributed by atoms with Crippen LogP contribution >= 0.6 is 48.0 Å². The van der Waals surface area contributed by atoms with E-state index in [4.69, 9.17) is 33.9 Å². The van der Waals surface area contributed by atoms with Gasteiger partial charge in [-0.1, -0.05) is 51.4 Å². The number of allylic oxidation sites excluding steroid dienone is 2. The maximum Gasteiger partial charge on any atom is 0.224 e. The highest BCUT2D eigenvalue weighted by Crippen LogP contribution is 2.32. The molecule has 6 nitrogen and oxygen atoms in total. The van der Waals surface area contributed by atoms with E-state index in [-0.39, 0.29) is 0 Å². The van der Waals surface area contributed by atoms with Gasteiger partial charge in [-0.2, -0.15) is 0 Å². The van der Waals surface area contributed by atoms with Gasteiger partial charge in [-0.05, 0) is 74.6 Å². The Kier molecular flexibility index (Phi) is 15.7. The Morgan fingerprint density at radius 1 is 0.694 bits per heavy atom. The van der Waals surface area contributed by atoms with Crippen LogP contribution in [0.5, 0.6) is 0 Å². The van der Waals surface area contributed by atoms with Crippen LogP contribution in [0.1, 0.15) is 90.9 Å². The van der Waals surface area contributed by atoms with E-state index in [0.29, 0.717) is 22.0 Å². The number of rotatable bonds is 17. The molecule has 0 aromatic heterocycles. The van der Waals surface area contributed by atoms with Crippen molar-refractivity contribution in [3.8, 4) is 0 Å². The third kappa shape index (κ3) is 11.5. The van der Waals surface area contributed by atoms with Crippen molar-refractivity contribution in [2.24, 2.45) is 0 Å². The summed E-state index contributed by atoms with van der Waals surface area (Å²) in [5.74, 6) is 0. The van der Waals surface area contributed by atoms with Crippen LogP contribution in [0, 0.1) is 0 Å². The van der Waals surface area contributed by atoms with Crippen LogP contribution in [-0.4, -0.2) is 57.7 Å². The molecule has 202 valence electrons. The van der Waals surface area contributed by atoms with Crippen molar-refractivity contribution in [3.05, 3.63) is 21.2 Å². The number of thioether (sulfide) groups is 2. The van der Waals surface area contributed by atoms with E-state index in [1.54, 1.807) is 0 Å². The highest BCUT2D eigenvalue weighted by atomic mass is 32.2. The minimum atomic E-state index is 0.549. The van der Waals surface area contributed by atoms with Gasteiger partial charge in [0.25, 0.3) is 0 Å². The summed E-state index contributed by atoms with van der Waals surface area (Å²) in [6, 6.07) is 0. The van der Waals surface area contributed by atoms with Gasteiger partial charge in [-0.15, -0.1) is 0 Å². The van der Waals surface area contributed by atoms with Gasteiger partial charge in [0.15, 0.2) is 0 Å². The molecule has 10 heteroatoms. The Morgan fingerprint density at radius 2 is 1.03 bits per heavy atom. The Balaban J connectivity index is 1.49. The highest BCUT2D eigenvalue weighted by molar-refractivity contribution is 8.25. The van der Waals surface area contributed by atoms with Crippen molar-refractivity contribution >= 4 is 69.5 Å². The van der Waals surface area contributed by atoms with Gasteiger partial charge < -0.3 is 19.3 Å². The number of unbranched alkanes of at least 4 members (excludes halogenated alkanes) is 9. The number of carbonyl (C=O) groups excluding carboxylic acids is 2. The Morgan fingerprint density at radius 3 is 1.33 bits per heavy atom. The van der Waals surface area contributed by atoms with Gasteiger partial charge in [-0.25, -0.2) is 0 Å². The van der Waals surface area contributed by atoms with Crippen molar-refractivity contribution in [1.82, 2.24) is 9.80 Å². The molecule has 0 radical (unpaired) electrons. The largest absolute Gasteiger partial charge is 0.478 e. The fourth-order valence-electron chi connectivity index (χ4n) is 4.22. The molecule has 0 saturated carbocycles. The highest BCUT2D eigenvalue weighted by Gasteiger charge is 2.18. The maximum absolute atomic E-state index is 11.5. The van der Waals surface area contributed by atoms with Gasteiger partial charge in [-0.3, -0.25) is 9.59 Å². The minimum Gasteiger partial charge on any atom is -0.478 e. The molecule has 2 saturated heterocycles. The first-order valence-corrected chi connectivity index (χ1v) is 15.4. The van der Waals surface area contributed by atoms with Gasteiger partial charge in [0.2, 0.25) is 21.6 Å². The molecule has 0 aromatic rings. The minimum absolute atomic E-state index is 0.549. The molecule has 2 amide bonds. The van der Waals surface area contributed by atoms with E-state index in [9.17, 15) is 9.59 Å². The fourth-order valence-corrected chi connectivity index (χ4v) is 6.58. The molecule has 0 unspecified atom stereocenters. The summed E-state index contributed by atoms with van der Waals surface area (Å²) in [4.78, 5) is 29.0. The Bertz CT molecular complexity index is 750. The van der Waals surface area contributed by atoms with Crippen LogP contribution in [-0.2, 0) is 19.1 Å². The molecule has 0 N–H and O–H groups in total. The second-order valence-electron chi connectivity index (χ2n) is 9.05. The molecule has 2 aliphatic heterocycles. The molecule has 36 heavy (non-hydrogen) atoms. The first-order chi connectivity index (χ1) is 17.5. The topological polar surface area (TPSA) is 59.1 Å². The van der Waals surface area contributed by atoms with Crippen LogP contribution in [0.15, 0.2) is 21.2 Å². The predicted octanol–water partition coefficient (Wildman–Crippen LogP) is 7.14. The van der Waals surface area contributed by atoms with Crippen molar-refractivity contribution < 1.29 is 19.1 Å². The number of nitrogens with zero attached hydrogens (tertiary/aromatic N) is 2. The van der Waals surface area contributed by atoms with Crippen molar-refractivity contribution in [1.29, 1.82) is 0 Å². The molecular weight excluding hydrogens is 533 g/mol. The first kappa shape index (κ1) is 31.1. The summed E-state index contributed by atoms with van der Waals surface area (Å²) in [6.45, 7) is 6.73. The summed E-state index contributed by atoms with van der Waals surface area (Å²) in [5, 5.41) is 0. The van der Waals surface area contributed by atoms with E-state index < -0.39 is 0 Å². The Hall–Kier alpha value is -1.10. The van der Waals surface area contributed by atoms with Crippen LogP contribution in [0.3, 0.4) is 0 Å². The molecule has 2 fully saturated rings. The predicted molar refractivity (Wildman–Crippen MR) is 159 cm³/mol. The van der Waals surface area contributed by atoms with Crippen LogP contribution < -0.4 is 0 Å². The Labute approximate surface area is 236 Å². The molecule has 2 rings (SSSR count). The molecule has 2 aliphatic rings. The molecule has 0 spiro atoms. The summed E-state index contributed by atoms with van der Waals surface area (Å²) >= 11 is 13.2. The van der Waals surface area contributed by atoms with E-state index in [1.165, 1.54) is 62.0 Å². The zero-order valence-corrected chi connectivity index (χ0v) is 24.9. The summed E-state index contributed by atoms with van der Waals surface area (Å²) in [6.07, 6.45) is 15.3. The van der Waals surface area contributed by atoms with E-state index in [1.807, 2.05) is 23.6 Å². The number of hydrogen-bond donors (Lipinski definition) is 0. The molecule has 0 aromatic carbocycles. The van der Waals surface area contributed by atoms with Crippen LogP contribution in [0.2, 0.25) is 0 Å². The third-order valence-corrected chi connectivity index (χ3v) is 9.28. The molecule has 0 atom stereocenters. The van der Waals surface area contributed by atoms with E-state index in [0.717, 1.165) is 85.6 Å². The first-order valence-electron chi connectivity index (χ1n) is 13.0. The van der Waals surface area contributed by atoms with E-state index in [2.05, 4.69) is 0 Å². The smallest absolute Gasteiger partial charge is 0.224 e.